The fourth-order valence-corrected chi connectivity index (χ4v) is 2.80. The summed E-state index contributed by atoms with van der Waals surface area (Å²) >= 11 is 0. The Morgan fingerprint density at radius 1 is 0.857 bits per heavy atom. The zero-order valence-electron chi connectivity index (χ0n) is 13.2. The molecule has 2 nitrogen and oxygen atoms in total. The summed E-state index contributed by atoms with van der Waals surface area (Å²) in [7, 11) is 2.04. The maximum Gasteiger partial charge on any atom is 0.127 e. The first-order chi connectivity index (χ1) is 10.3. The third-order valence-corrected chi connectivity index (χ3v) is 4.05. The van der Waals surface area contributed by atoms with E-state index in [9.17, 15) is 0 Å². The third-order valence-electron chi connectivity index (χ3n) is 4.05. The number of hydrogen-bond donors (Lipinski definition) is 1. The predicted octanol–water partition coefficient (Wildman–Crippen LogP) is 5.18. The van der Waals surface area contributed by atoms with Crippen molar-refractivity contribution in [3.63, 3.8) is 0 Å². The van der Waals surface area contributed by atoms with Crippen LogP contribution in [0.1, 0.15) is 38.3 Å². The molecule has 0 saturated heterocycles. The van der Waals surface area contributed by atoms with Crippen molar-refractivity contribution >= 4 is 0 Å². The minimum Gasteiger partial charge on any atom is -0.457 e. The molecule has 21 heavy (non-hydrogen) atoms. The van der Waals surface area contributed by atoms with Crippen LogP contribution in [0.15, 0.2) is 54.6 Å². The fraction of sp³-hybridized carbons (Fsp3) is 0.368. The van der Waals surface area contributed by atoms with Gasteiger partial charge in [0, 0.05) is 6.04 Å². The lowest BCUT2D eigenvalue weighted by molar-refractivity contribution is 0.359. The molecule has 0 bridgehead atoms. The van der Waals surface area contributed by atoms with E-state index in [1.807, 2.05) is 37.4 Å². The van der Waals surface area contributed by atoms with E-state index < -0.39 is 0 Å². The molecule has 0 radical (unpaired) electrons. The molecular formula is C19H25NO. The molecule has 0 aliphatic rings. The molecule has 0 spiro atoms. The number of nitrogens with one attached hydrogen (secondary N) is 1. The van der Waals surface area contributed by atoms with Crippen LogP contribution in [0.5, 0.6) is 11.5 Å². The van der Waals surface area contributed by atoms with Crippen molar-refractivity contribution in [2.75, 3.05) is 7.05 Å². The Balaban J connectivity index is 2.10. The topological polar surface area (TPSA) is 21.3 Å². The van der Waals surface area contributed by atoms with Crippen LogP contribution in [0.4, 0.5) is 0 Å². The Morgan fingerprint density at radius 3 is 1.95 bits per heavy atom. The molecule has 2 heteroatoms. The molecule has 2 rings (SSSR count). The molecule has 1 atom stereocenters. The summed E-state index contributed by atoms with van der Waals surface area (Å²) in [6.07, 6.45) is 2.37. The van der Waals surface area contributed by atoms with Crippen molar-refractivity contribution in [1.82, 2.24) is 5.32 Å². The number of ether oxygens (including phenoxy) is 1. The molecule has 0 fully saturated rings. The zero-order valence-corrected chi connectivity index (χ0v) is 13.2. The van der Waals surface area contributed by atoms with Crippen molar-refractivity contribution in [2.24, 2.45) is 5.92 Å². The van der Waals surface area contributed by atoms with Crippen LogP contribution in [0.25, 0.3) is 0 Å². The van der Waals surface area contributed by atoms with Crippen molar-refractivity contribution in [2.45, 2.75) is 32.7 Å². The average molecular weight is 283 g/mol. The van der Waals surface area contributed by atoms with Crippen molar-refractivity contribution in [3.8, 4) is 11.5 Å². The number of benzene rings is 2. The molecule has 0 saturated carbocycles. The minimum atomic E-state index is 0.408. The maximum absolute atomic E-state index is 5.84. The first-order valence-electron chi connectivity index (χ1n) is 7.78. The molecule has 0 heterocycles. The molecule has 0 amide bonds. The van der Waals surface area contributed by atoms with Gasteiger partial charge < -0.3 is 10.1 Å². The molecule has 2 aromatic carbocycles. The third kappa shape index (κ3) is 4.08. The van der Waals surface area contributed by atoms with E-state index in [4.69, 9.17) is 4.74 Å². The van der Waals surface area contributed by atoms with Gasteiger partial charge in [-0.15, -0.1) is 0 Å². The summed E-state index contributed by atoms with van der Waals surface area (Å²) < 4.78 is 5.84. The smallest absolute Gasteiger partial charge is 0.127 e. The second-order valence-corrected chi connectivity index (χ2v) is 5.33. The highest BCUT2D eigenvalue weighted by molar-refractivity contribution is 5.34. The van der Waals surface area contributed by atoms with Gasteiger partial charge in [-0.3, -0.25) is 0 Å². The lowest BCUT2D eigenvalue weighted by Gasteiger charge is -2.25. The number of hydrogen-bond acceptors (Lipinski definition) is 2. The van der Waals surface area contributed by atoms with Gasteiger partial charge in [-0.25, -0.2) is 0 Å². The van der Waals surface area contributed by atoms with Crippen molar-refractivity contribution in [3.05, 3.63) is 60.2 Å². The van der Waals surface area contributed by atoms with Gasteiger partial charge in [-0.1, -0.05) is 57.0 Å². The zero-order chi connectivity index (χ0) is 15.1. The van der Waals surface area contributed by atoms with Crippen LogP contribution in [0.2, 0.25) is 0 Å². The number of para-hydroxylation sites is 1. The Kier molecular flexibility index (Phi) is 5.82. The van der Waals surface area contributed by atoms with Gasteiger partial charge >= 0.3 is 0 Å². The summed E-state index contributed by atoms with van der Waals surface area (Å²) in [5, 5.41) is 3.45. The lowest BCUT2D eigenvalue weighted by atomic mass is 9.89. The van der Waals surface area contributed by atoms with E-state index >= 15 is 0 Å². The van der Waals surface area contributed by atoms with E-state index in [0.717, 1.165) is 11.5 Å². The summed E-state index contributed by atoms with van der Waals surface area (Å²) in [5.74, 6) is 2.41. The number of rotatable bonds is 7. The highest BCUT2D eigenvalue weighted by Crippen LogP contribution is 2.29. The van der Waals surface area contributed by atoms with Crippen LogP contribution in [0, 0.1) is 5.92 Å². The van der Waals surface area contributed by atoms with E-state index in [2.05, 4.69) is 43.4 Å². The molecule has 1 N–H and O–H groups in total. The van der Waals surface area contributed by atoms with E-state index in [1.165, 1.54) is 18.4 Å². The molecule has 0 aromatic heterocycles. The van der Waals surface area contributed by atoms with Gasteiger partial charge in [0.15, 0.2) is 0 Å². The molecule has 0 aliphatic carbocycles. The molecule has 0 aliphatic heterocycles. The second kappa shape index (κ2) is 7.84. The van der Waals surface area contributed by atoms with Gasteiger partial charge in [-0.05, 0) is 42.8 Å². The first-order valence-corrected chi connectivity index (χ1v) is 7.78. The lowest BCUT2D eigenvalue weighted by Crippen LogP contribution is -2.24. The summed E-state index contributed by atoms with van der Waals surface area (Å²) in [4.78, 5) is 0. The van der Waals surface area contributed by atoms with Crippen LogP contribution in [0.3, 0.4) is 0 Å². The SMILES string of the molecule is CCC(CC)C(NC)c1ccc(Oc2ccccc2)cc1. The molecule has 112 valence electrons. The second-order valence-electron chi connectivity index (χ2n) is 5.33. The van der Waals surface area contributed by atoms with Crippen molar-refractivity contribution in [1.29, 1.82) is 0 Å². The van der Waals surface area contributed by atoms with Crippen LogP contribution in [-0.4, -0.2) is 7.05 Å². The molecule has 1 unspecified atom stereocenters. The first kappa shape index (κ1) is 15.6. The largest absolute Gasteiger partial charge is 0.457 e. The average Bonchev–Trinajstić information content (AvgIpc) is 2.54. The van der Waals surface area contributed by atoms with E-state index in [-0.39, 0.29) is 0 Å². The monoisotopic (exact) mass is 283 g/mol. The van der Waals surface area contributed by atoms with Gasteiger partial charge in [0.1, 0.15) is 11.5 Å². The normalized spacial score (nSPS) is 12.4. The Labute approximate surface area is 128 Å². The highest BCUT2D eigenvalue weighted by Gasteiger charge is 2.18. The Morgan fingerprint density at radius 2 is 1.43 bits per heavy atom. The predicted molar refractivity (Wildman–Crippen MR) is 88.8 cm³/mol. The summed E-state index contributed by atoms with van der Waals surface area (Å²) in [6, 6.07) is 18.7. The summed E-state index contributed by atoms with van der Waals surface area (Å²) in [5.41, 5.74) is 1.33. The Bertz CT molecular complexity index is 517. The molecular weight excluding hydrogens is 258 g/mol. The summed E-state index contributed by atoms with van der Waals surface area (Å²) in [6.45, 7) is 4.51. The van der Waals surface area contributed by atoms with E-state index in [1.54, 1.807) is 0 Å². The van der Waals surface area contributed by atoms with E-state index in [0.29, 0.717) is 12.0 Å². The van der Waals surface area contributed by atoms with Gasteiger partial charge in [-0.2, -0.15) is 0 Å². The van der Waals surface area contributed by atoms with Gasteiger partial charge in [0.25, 0.3) is 0 Å². The van der Waals surface area contributed by atoms with Crippen LogP contribution < -0.4 is 10.1 Å². The molecule has 2 aromatic rings. The van der Waals surface area contributed by atoms with Crippen LogP contribution >= 0.6 is 0 Å². The fourth-order valence-electron chi connectivity index (χ4n) is 2.80. The maximum atomic E-state index is 5.84. The van der Waals surface area contributed by atoms with Gasteiger partial charge in [0.05, 0.1) is 0 Å². The highest BCUT2D eigenvalue weighted by atomic mass is 16.5. The van der Waals surface area contributed by atoms with Crippen LogP contribution in [-0.2, 0) is 0 Å². The quantitative estimate of drug-likeness (QED) is 0.756. The standard InChI is InChI=1S/C19H25NO/c1-4-15(5-2)19(20-3)16-11-13-18(14-12-16)21-17-9-7-6-8-10-17/h6-15,19-20H,4-5H2,1-3H3. The van der Waals surface area contributed by atoms with Crippen molar-refractivity contribution < 1.29 is 4.74 Å². The van der Waals surface area contributed by atoms with Gasteiger partial charge in [0.2, 0.25) is 0 Å². The minimum absolute atomic E-state index is 0.408. The Hall–Kier alpha value is -1.80.